The van der Waals surface area contributed by atoms with Crippen LogP contribution in [-0.2, 0) is 0 Å². The average Bonchev–Trinajstić information content (AvgIpc) is 2.12. The minimum atomic E-state index is -2.33. The molecule has 0 spiro atoms. The first-order chi connectivity index (χ1) is 3.80. The first kappa shape index (κ1) is 5.69. The standard InChI is InChI=1S/C5H3F2S/c6-5(7)4-2-1-3-8-4/h1-2,5H. The van der Waals surface area contributed by atoms with Gasteiger partial charge in [0.2, 0.25) is 0 Å². The summed E-state index contributed by atoms with van der Waals surface area (Å²) in [5, 5.41) is 2.57. The molecular formula is C5H3F2S. The molecule has 3 heteroatoms. The third kappa shape index (κ3) is 1.04. The number of hydrogen-bond donors (Lipinski definition) is 0. The number of hydrogen-bond acceptors (Lipinski definition) is 1. The minimum Gasteiger partial charge on any atom is -0.204 e. The van der Waals surface area contributed by atoms with Crippen LogP contribution in [0.3, 0.4) is 0 Å². The second-order valence-electron chi connectivity index (χ2n) is 1.26. The van der Waals surface area contributed by atoms with Crippen LogP contribution in [0.25, 0.3) is 0 Å². The first-order valence-electron chi connectivity index (χ1n) is 2.04. The molecule has 1 heterocycles. The van der Waals surface area contributed by atoms with Crippen molar-refractivity contribution in [3.05, 3.63) is 22.4 Å². The summed E-state index contributed by atoms with van der Waals surface area (Å²) in [5.74, 6) is 0. The van der Waals surface area contributed by atoms with Crippen LogP contribution in [0.2, 0.25) is 0 Å². The van der Waals surface area contributed by atoms with Crippen molar-refractivity contribution in [1.29, 1.82) is 0 Å². The lowest BCUT2D eigenvalue weighted by atomic mass is 10.5. The summed E-state index contributed by atoms with van der Waals surface area (Å²) in [6, 6.07) is 2.86. The van der Waals surface area contributed by atoms with Crippen LogP contribution in [0, 0.1) is 5.38 Å². The van der Waals surface area contributed by atoms with Gasteiger partial charge in [-0.15, -0.1) is 11.3 Å². The van der Waals surface area contributed by atoms with E-state index in [0.29, 0.717) is 0 Å². The van der Waals surface area contributed by atoms with Crippen molar-refractivity contribution in [1.82, 2.24) is 0 Å². The molecule has 0 fully saturated rings. The molecule has 43 valence electrons. The van der Waals surface area contributed by atoms with Crippen LogP contribution in [0.1, 0.15) is 11.3 Å². The van der Waals surface area contributed by atoms with Crippen molar-refractivity contribution in [2.75, 3.05) is 0 Å². The Kier molecular flexibility index (Phi) is 1.58. The van der Waals surface area contributed by atoms with E-state index in [9.17, 15) is 8.78 Å². The Morgan fingerprint density at radius 2 is 2.38 bits per heavy atom. The lowest BCUT2D eigenvalue weighted by Crippen LogP contribution is -1.71. The summed E-state index contributed by atoms with van der Waals surface area (Å²) in [6.07, 6.45) is -2.33. The predicted molar refractivity (Wildman–Crippen MR) is 28.1 cm³/mol. The number of rotatable bonds is 1. The summed E-state index contributed by atoms with van der Waals surface area (Å²) < 4.78 is 23.2. The van der Waals surface area contributed by atoms with Crippen LogP contribution >= 0.6 is 11.3 Å². The fourth-order valence-electron chi connectivity index (χ4n) is 0.370. The van der Waals surface area contributed by atoms with E-state index in [4.69, 9.17) is 0 Å². The van der Waals surface area contributed by atoms with Gasteiger partial charge in [0.1, 0.15) is 0 Å². The lowest BCUT2D eigenvalue weighted by Gasteiger charge is -1.87. The Balaban J connectivity index is 2.77. The maximum Gasteiger partial charge on any atom is 0.272 e. The fraction of sp³-hybridized carbons (Fsp3) is 0.200. The maximum atomic E-state index is 11.6. The van der Waals surface area contributed by atoms with Crippen molar-refractivity contribution < 1.29 is 8.78 Å². The van der Waals surface area contributed by atoms with Gasteiger partial charge < -0.3 is 0 Å². The van der Waals surface area contributed by atoms with Crippen molar-refractivity contribution in [3.8, 4) is 0 Å². The van der Waals surface area contributed by atoms with Gasteiger partial charge in [0.15, 0.2) is 0 Å². The summed E-state index contributed by atoms with van der Waals surface area (Å²) in [5.41, 5.74) is 0. The summed E-state index contributed by atoms with van der Waals surface area (Å²) >= 11 is 0.956. The van der Waals surface area contributed by atoms with Crippen molar-refractivity contribution in [2.45, 2.75) is 6.43 Å². The third-order valence-corrected chi connectivity index (χ3v) is 1.51. The first-order valence-corrected chi connectivity index (χ1v) is 2.86. The Labute approximate surface area is 49.8 Å². The van der Waals surface area contributed by atoms with E-state index in [2.05, 4.69) is 5.38 Å². The molecule has 0 amide bonds. The highest BCUT2D eigenvalue weighted by Crippen LogP contribution is 2.22. The zero-order valence-corrected chi connectivity index (χ0v) is 4.71. The van der Waals surface area contributed by atoms with E-state index in [-0.39, 0.29) is 4.88 Å². The van der Waals surface area contributed by atoms with E-state index >= 15 is 0 Å². The molecule has 0 saturated heterocycles. The fourth-order valence-corrected chi connectivity index (χ4v) is 0.867. The molecule has 0 N–H and O–H groups in total. The van der Waals surface area contributed by atoms with E-state index in [1.54, 1.807) is 0 Å². The topological polar surface area (TPSA) is 0 Å². The SMILES string of the molecule is FC(F)c1cc[c]s1. The molecule has 0 saturated carbocycles. The highest BCUT2D eigenvalue weighted by Gasteiger charge is 2.05. The maximum absolute atomic E-state index is 11.6. The van der Waals surface area contributed by atoms with Gasteiger partial charge in [0, 0.05) is 5.38 Å². The molecule has 0 aliphatic heterocycles. The highest BCUT2D eigenvalue weighted by molar-refractivity contribution is 7.09. The summed E-state index contributed by atoms with van der Waals surface area (Å²) in [7, 11) is 0. The van der Waals surface area contributed by atoms with Gasteiger partial charge in [0.25, 0.3) is 6.43 Å². The molecule has 8 heavy (non-hydrogen) atoms. The molecule has 0 bridgehead atoms. The lowest BCUT2D eigenvalue weighted by molar-refractivity contribution is 0.155. The molecule has 0 atom stereocenters. The van der Waals surface area contributed by atoms with Crippen LogP contribution in [0.4, 0.5) is 8.78 Å². The smallest absolute Gasteiger partial charge is 0.204 e. The third-order valence-electron chi connectivity index (χ3n) is 0.707. The van der Waals surface area contributed by atoms with E-state index in [1.807, 2.05) is 0 Å². The van der Waals surface area contributed by atoms with Gasteiger partial charge in [-0.2, -0.15) is 0 Å². The van der Waals surface area contributed by atoms with Crippen LogP contribution in [0.15, 0.2) is 12.1 Å². The second-order valence-corrected chi connectivity index (χ2v) is 2.17. The second kappa shape index (κ2) is 2.22. The molecule has 0 aliphatic carbocycles. The molecule has 0 aromatic carbocycles. The minimum absolute atomic E-state index is 0.0880. The highest BCUT2D eigenvalue weighted by atomic mass is 32.1. The number of alkyl halides is 2. The molecular weight excluding hydrogens is 130 g/mol. The van der Waals surface area contributed by atoms with Crippen molar-refractivity contribution >= 4 is 11.3 Å². The summed E-state index contributed by atoms with van der Waals surface area (Å²) in [4.78, 5) is 0.0880. The van der Waals surface area contributed by atoms with E-state index in [0.717, 1.165) is 11.3 Å². The number of thiophene rings is 1. The van der Waals surface area contributed by atoms with E-state index in [1.165, 1.54) is 12.1 Å². The molecule has 0 unspecified atom stereocenters. The van der Waals surface area contributed by atoms with Gasteiger partial charge in [-0.3, -0.25) is 0 Å². The predicted octanol–water partition coefficient (Wildman–Crippen LogP) is 2.49. The Morgan fingerprint density at radius 1 is 1.62 bits per heavy atom. The van der Waals surface area contributed by atoms with Crippen LogP contribution in [-0.4, -0.2) is 0 Å². The quantitative estimate of drug-likeness (QED) is 0.552. The molecule has 0 nitrogen and oxygen atoms in total. The molecule has 1 rings (SSSR count). The molecule has 1 aromatic rings. The number of halogens is 2. The largest absolute Gasteiger partial charge is 0.272 e. The summed E-state index contributed by atoms with van der Waals surface area (Å²) in [6.45, 7) is 0. The van der Waals surface area contributed by atoms with Gasteiger partial charge in [-0.1, -0.05) is 0 Å². The van der Waals surface area contributed by atoms with Crippen LogP contribution < -0.4 is 0 Å². The van der Waals surface area contributed by atoms with E-state index < -0.39 is 6.43 Å². The van der Waals surface area contributed by atoms with Gasteiger partial charge in [0.05, 0.1) is 4.88 Å². The Bertz CT molecular complexity index is 145. The molecule has 1 aromatic heterocycles. The zero-order valence-electron chi connectivity index (χ0n) is 3.90. The van der Waals surface area contributed by atoms with Gasteiger partial charge in [-0.25, -0.2) is 8.78 Å². The zero-order chi connectivity index (χ0) is 5.98. The monoisotopic (exact) mass is 133 g/mol. The van der Waals surface area contributed by atoms with Gasteiger partial charge in [-0.05, 0) is 12.1 Å². The van der Waals surface area contributed by atoms with Crippen molar-refractivity contribution in [3.63, 3.8) is 0 Å². The Morgan fingerprint density at radius 3 is 2.62 bits per heavy atom. The van der Waals surface area contributed by atoms with Crippen molar-refractivity contribution in [2.24, 2.45) is 0 Å². The Hall–Kier alpha value is -0.440. The normalized spacial score (nSPS) is 10.4. The molecule has 1 radical (unpaired) electrons. The van der Waals surface area contributed by atoms with Gasteiger partial charge >= 0.3 is 0 Å². The average molecular weight is 133 g/mol. The van der Waals surface area contributed by atoms with Crippen LogP contribution in [0.5, 0.6) is 0 Å². The molecule has 0 aliphatic rings.